The summed E-state index contributed by atoms with van der Waals surface area (Å²) in [5.74, 6) is 0. The molecule has 0 N–H and O–H groups in total. The number of piperidine rings is 1. The van der Waals surface area contributed by atoms with E-state index in [0.29, 0.717) is 5.69 Å². The number of benzene rings is 1. The van der Waals surface area contributed by atoms with Crippen LogP contribution in [-0.2, 0) is 0 Å². The molecule has 0 bridgehead atoms. The predicted octanol–water partition coefficient (Wildman–Crippen LogP) is 3.10. The van der Waals surface area contributed by atoms with Gasteiger partial charge in [-0.2, -0.15) is 5.26 Å². The van der Waals surface area contributed by atoms with Gasteiger partial charge in [0.15, 0.2) is 0 Å². The van der Waals surface area contributed by atoms with E-state index in [1.54, 1.807) is 6.07 Å². The van der Waals surface area contributed by atoms with Crippen molar-refractivity contribution in [2.45, 2.75) is 19.3 Å². The Morgan fingerprint density at radius 3 is 2.67 bits per heavy atom. The first kappa shape index (κ1) is 11.0. The van der Waals surface area contributed by atoms with Crippen molar-refractivity contribution in [3.63, 3.8) is 0 Å². The fourth-order valence-electron chi connectivity index (χ4n) is 2.52. The predicted molar refractivity (Wildman–Crippen MR) is 72.5 cm³/mol. The van der Waals surface area contributed by atoms with Crippen molar-refractivity contribution in [3.8, 4) is 6.07 Å². The second kappa shape index (κ2) is 4.66. The number of hydrogen-bond acceptors (Lipinski definition) is 3. The molecule has 3 rings (SSSR count). The number of fused-ring (bicyclic) bond motifs is 1. The summed E-state index contributed by atoms with van der Waals surface area (Å²) in [7, 11) is 0. The van der Waals surface area contributed by atoms with Gasteiger partial charge in [0, 0.05) is 24.2 Å². The number of nitrogens with zero attached hydrogens (tertiary/aromatic N) is 3. The molecule has 1 aliphatic rings. The second-order valence-electron chi connectivity index (χ2n) is 4.73. The van der Waals surface area contributed by atoms with Crippen LogP contribution < -0.4 is 4.90 Å². The Labute approximate surface area is 107 Å². The number of hydrogen-bond donors (Lipinski definition) is 0. The molecule has 1 saturated heterocycles. The van der Waals surface area contributed by atoms with Crippen LogP contribution in [0.5, 0.6) is 0 Å². The molecule has 90 valence electrons. The third-order valence-electron chi connectivity index (χ3n) is 3.51. The molecule has 2 aromatic rings. The molecule has 2 heterocycles. The molecule has 1 fully saturated rings. The van der Waals surface area contributed by atoms with E-state index in [0.717, 1.165) is 24.0 Å². The molecule has 1 aromatic carbocycles. The Bertz CT molecular complexity index is 607. The summed E-state index contributed by atoms with van der Waals surface area (Å²) in [4.78, 5) is 6.73. The van der Waals surface area contributed by atoms with Crippen LogP contribution in [0.3, 0.4) is 0 Å². The Morgan fingerprint density at radius 1 is 1.06 bits per heavy atom. The first-order valence-corrected chi connectivity index (χ1v) is 6.43. The topological polar surface area (TPSA) is 39.9 Å². The van der Waals surface area contributed by atoms with Gasteiger partial charge < -0.3 is 4.90 Å². The van der Waals surface area contributed by atoms with E-state index in [-0.39, 0.29) is 0 Å². The summed E-state index contributed by atoms with van der Waals surface area (Å²) in [5, 5.41) is 9.94. The smallest absolute Gasteiger partial charge is 0.141 e. The van der Waals surface area contributed by atoms with Crippen LogP contribution in [0.1, 0.15) is 25.0 Å². The summed E-state index contributed by atoms with van der Waals surface area (Å²) >= 11 is 0. The lowest BCUT2D eigenvalue weighted by atomic mass is 10.1. The molecule has 1 aliphatic heterocycles. The Hall–Kier alpha value is -2.08. The molecule has 0 atom stereocenters. The van der Waals surface area contributed by atoms with Crippen LogP contribution >= 0.6 is 0 Å². The maximum atomic E-state index is 8.83. The number of rotatable bonds is 1. The first-order chi connectivity index (χ1) is 8.86. The van der Waals surface area contributed by atoms with E-state index in [2.05, 4.69) is 28.1 Å². The van der Waals surface area contributed by atoms with Gasteiger partial charge in [-0.05, 0) is 49.6 Å². The average molecular weight is 237 g/mol. The Kier molecular flexibility index (Phi) is 2.85. The highest BCUT2D eigenvalue weighted by Crippen LogP contribution is 2.24. The lowest BCUT2D eigenvalue weighted by Gasteiger charge is -2.28. The van der Waals surface area contributed by atoms with Gasteiger partial charge in [-0.25, -0.2) is 4.98 Å². The molecule has 3 heteroatoms. The molecular formula is C15H15N3. The fourth-order valence-corrected chi connectivity index (χ4v) is 2.52. The fraction of sp³-hybridized carbons (Fsp3) is 0.333. The van der Waals surface area contributed by atoms with E-state index in [9.17, 15) is 0 Å². The number of nitriles is 1. The summed E-state index contributed by atoms with van der Waals surface area (Å²) in [6, 6.07) is 12.1. The number of aromatic nitrogens is 1. The van der Waals surface area contributed by atoms with Gasteiger partial charge in [0.25, 0.3) is 0 Å². The molecule has 0 aliphatic carbocycles. The van der Waals surface area contributed by atoms with Crippen LogP contribution in [0.25, 0.3) is 10.9 Å². The zero-order valence-corrected chi connectivity index (χ0v) is 10.3. The van der Waals surface area contributed by atoms with E-state index in [1.807, 2.05) is 12.1 Å². The van der Waals surface area contributed by atoms with Gasteiger partial charge >= 0.3 is 0 Å². The third kappa shape index (κ3) is 2.02. The maximum Gasteiger partial charge on any atom is 0.141 e. The highest BCUT2D eigenvalue weighted by molar-refractivity contribution is 5.83. The molecule has 1 aromatic heterocycles. The summed E-state index contributed by atoms with van der Waals surface area (Å²) in [5.41, 5.74) is 2.65. The van der Waals surface area contributed by atoms with Crippen molar-refractivity contribution in [2.24, 2.45) is 0 Å². The quantitative estimate of drug-likeness (QED) is 0.765. The first-order valence-electron chi connectivity index (χ1n) is 6.43. The van der Waals surface area contributed by atoms with Crippen LogP contribution in [0.4, 0.5) is 5.69 Å². The van der Waals surface area contributed by atoms with Crippen LogP contribution in [0, 0.1) is 11.3 Å². The highest BCUT2D eigenvalue weighted by Gasteiger charge is 2.11. The van der Waals surface area contributed by atoms with Gasteiger partial charge in [-0.1, -0.05) is 0 Å². The largest absolute Gasteiger partial charge is 0.372 e. The minimum absolute atomic E-state index is 0.480. The highest BCUT2D eigenvalue weighted by atomic mass is 15.1. The van der Waals surface area contributed by atoms with Gasteiger partial charge in [0.05, 0.1) is 5.52 Å². The zero-order chi connectivity index (χ0) is 12.4. The average Bonchev–Trinajstić information content (AvgIpc) is 2.47. The molecule has 18 heavy (non-hydrogen) atoms. The second-order valence-corrected chi connectivity index (χ2v) is 4.73. The van der Waals surface area contributed by atoms with Crippen LogP contribution in [0.15, 0.2) is 30.3 Å². The van der Waals surface area contributed by atoms with Crippen molar-refractivity contribution in [1.82, 2.24) is 4.98 Å². The number of pyridine rings is 1. The Morgan fingerprint density at radius 2 is 1.89 bits per heavy atom. The van der Waals surface area contributed by atoms with E-state index < -0.39 is 0 Å². The zero-order valence-electron chi connectivity index (χ0n) is 10.3. The molecule has 0 radical (unpaired) electrons. The van der Waals surface area contributed by atoms with Crippen LogP contribution in [-0.4, -0.2) is 18.1 Å². The van der Waals surface area contributed by atoms with E-state index in [4.69, 9.17) is 5.26 Å². The Balaban J connectivity index is 1.98. The van der Waals surface area contributed by atoms with Crippen LogP contribution in [0.2, 0.25) is 0 Å². The lowest BCUT2D eigenvalue weighted by Crippen LogP contribution is -2.29. The van der Waals surface area contributed by atoms with Crippen molar-refractivity contribution in [3.05, 3.63) is 36.0 Å². The maximum absolute atomic E-state index is 8.83. The molecule has 0 amide bonds. The minimum atomic E-state index is 0.480. The van der Waals surface area contributed by atoms with E-state index in [1.165, 1.54) is 24.9 Å². The lowest BCUT2D eigenvalue weighted by molar-refractivity contribution is 0.578. The monoisotopic (exact) mass is 237 g/mol. The normalized spacial score (nSPS) is 15.6. The molecular weight excluding hydrogens is 222 g/mol. The molecule has 3 nitrogen and oxygen atoms in total. The van der Waals surface area contributed by atoms with Gasteiger partial charge in [0.2, 0.25) is 0 Å². The van der Waals surface area contributed by atoms with Gasteiger partial charge in [-0.3, -0.25) is 0 Å². The summed E-state index contributed by atoms with van der Waals surface area (Å²) in [6.07, 6.45) is 3.91. The van der Waals surface area contributed by atoms with Crippen molar-refractivity contribution >= 4 is 16.6 Å². The standard InChI is InChI=1S/C15H15N3/c16-11-13-5-4-12-10-14(6-7-15(12)17-13)18-8-2-1-3-9-18/h4-7,10H,1-3,8-9H2. The summed E-state index contributed by atoms with van der Waals surface area (Å²) in [6.45, 7) is 2.30. The van der Waals surface area contributed by atoms with Crippen molar-refractivity contribution in [1.29, 1.82) is 5.26 Å². The van der Waals surface area contributed by atoms with Crippen molar-refractivity contribution < 1.29 is 0 Å². The van der Waals surface area contributed by atoms with Crippen molar-refractivity contribution in [2.75, 3.05) is 18.0 Å². The minimum Gasteiger partial charge on any atom is -0.372 e. The summed E-state index contributed by atoms with van der Waals surface area (Å²) < 4.78 is 0. The van der Waals surface area contributed by atoms with Gasteiger partial charge in [-0.15, -0.1) is 0 Å². The SMILES string of the molecule is N#Cc1ccc2cc(N3CCCCC3)ccc2n1. The molecule has 0 unspecified atom stereocenters. The van der Waals surface area contributed by atoms with Gasteiger partial charge in [0.1, 0.15) is 11.8 Å². The number of anilines is 1. The molecule has 0 spiro atoms. The third-order valence-corrected chi connectivity index (χ3v) is 3.51. The molecule has 0 saturated carbocycles. The van der Waals surface area contributed by atoms with E-state index >= 15 is 0 Å².